The molecule has 1 N–H and O–H groups in total. The Morgan fingerprint density at radius 3 is 2.18 bits per heavy atom. The van der Waals surface area contributed by atoms with E-state index in [1.807, 2.05) is 0 Å². The van der Waals surface area contributed by atoms with Crippen LogP contribution in [0, 0.1) is 5.82 Å². The van der Waals surface area contributed by atoms with Crippen LogP contribution in [-0.4, -0.2) is 10.1 Å². The molecular weight excluding hydrogens is 165 g/mol. The summed E-state index contributed by atoms with van der Waals surface area (Å²) in [5.41, 5.74) is 0. The third kappa shape index (κ3) is 5.42. The third-order valence-corrected chi connectivity index (χ3v) is 0.690. The number of hydrogen-bond acceptors (Lipinski definition) is 2. The number of nitrogens with zero attached hydrogens (tertiary/aromatic N) is 1. The van der Waals surface area contributed by atoms with Gasteiger partial charge in [0.2, 0.25) is 0 Å². The van der Waals surface area contributed by atoms with E-state index in [9.17, 15) is 4.39 Å². The Morgan fingerprint density at radius 2 is 1.91 bits per heavy atom. The summed E-state index contributed by atoms with van der Waals surface area (Å²) in [7, 11) is 0. The lowest BCUT2D eigenvalue weighted by Gasteiger charge is -1.86. The SMILES string of the molecule is C=C.Oc1cncc(F)c1.S. The molecule has 1 heterocycles. The van der Waals surface area contributed by atoms with Crippen LogP contribution in [-0.2, 0) is 0 Å². The maximum absolute atomic E-state index is 11.9. The molecule has 0 spiro atoms. The van der Waals surface area contributed by atoms with E-state index >= 15 is 0 Å². The van der Waals surface area contributed by atoms with Gasteiger partial charge in [0, 0.05) is 6.07 Å². The Morgan fingerprint density at radius 1 is 1.36 bits per heavy atom. The Kier molecular flexibility index (Phi) is 8.13. The second-order valence-electron chi connectivity index (χ2n) is 1.36. The molecule has 0 aliphatic rings. The number of aromatic hydroxyl groups is 1. The monoisotopic (exact) mass is 175 g/mol. The first-order valence-electron chi connectivity index (χ1n) is 2.58. The molecule has 0 fully saturated rings. The van der Waals surface area contributed by atoms with Crippen LogP contribution >= 0.6 is 13.5 Å². The van der Waals surface area contributed by atoms with Crippen molar-refractivity contribution in [3.05, 3.63) is 37.4 Å². The Labute approximate surface area is 71.8 Å². The standard InChI is InChI=1S/C5H4FNO.C2H4.H2S/c6-4-1-5(8)3-7-2-4;1-2;/h1-3,8H;1-2H2;1H2. The smallest absolute Gasteiger partial charge is 0.145 e. The molecule has 0 aliphatic carbocycles. The summed E-state index contributed by atoms with van der Waals surface area (Å²) in [6, 6.07) is 0.993. The molecule has 0 amide bonds. The van der Waals surface area contributed by atoms with Crippen molar-refractivity contribution in [3.63, 3.8) is 0 Å². The first-order valence-corrected chi connectivity index (χ1v) is 2.58. The molecule has 0 saturated heterocycles. The van der Waals surface area contributed by atoms with Crippen LogP contribution in [0.1, 0.15) is 0 Å². The molecule has 1 rings (SSSR count). The van der Waals surface area contributed by atoms with Crippen molar-refractivity contribution in [1.29, 1.82) is 0 Å². The summed E-state index contributed by atoms with van der Waals surface area (Å²) in [5, 5.41) is 8.51. The zero-order chi connectivity index (χ0) is 7.98. The van der Waals surface area contributed by atoms with Gasteiger partial charge in [0.25, 0.3) is 0 Å². The molecule has 0 saturated carbocycles. The van der Waals surface area contributed by atoms with Crippen molar-refractivity contribution in [3.8, 4) is 5.75 Å². The third-order valence-electron chi connectivity index (χ3n) is 0.690. The first-order chi connectivity index (χ1) is 4.79. The van der Waals surface area contributed by atoms with E-state index < -0.39 is 5.82 Å². The van der Waals surface area contributed by atoms with E-state index in [-0.39, 0.29) is 19.2 Å². The lowest BCUT2D eigenvalue weighted by atomic mass is 10.4. The van der Waals surface area contributed by atoms with Gasteiger partial charge in [-0.1, -0.05) is 0 Å². The fourth-order valence-electron chi connectivity index (χ4n) is 0.401. The molecule has 0 unspecified atom stereocenters. The van der Waals surface area contributed by atoms with E-state index in [1.165, 1.54) is 6.20 Å². The molecule has 2 nitrogen and oxygen atoms in total. The Hall–Kier alpha value is -1.03. The fourth-order valence-corrected chi connectivity index (χ4v) is 0.401. The molecule has 0 atom stereocenters. The van der Waals surface area contributed by atoms with Gasteiger partial charge in [-0.2, -0.15) is 13.5 Å². The number of halogens is 1. The largest absolute Gasteiger partial charge is 0.506 e. The number of hydrogen-bond donors (Lipinski definition) is 1. The highest BCUT2D eigenvalue weighted by Gasteiger charge is 1.88. The predicted octanol–water partition coefficient (Wildman–Crippen LogP) is 1.84. The maximum atomic E-state index is 11.9. The lowest BCUT2D eigenvalue weighted by molar-refractivity contribution is 0.465. The van der Waals surface area contributed by atoms with Gasteiger partial charge in [-0.25, -0.2) is 4.39 Å². The van der Waals surface area contributed by atoms with Gasteiger partial charge >= 0.3 is 0 Å². The van der Waals surface area contributed by atoms with E-state index in [0.717, 1.165) is 12.3 Å². The van der Waals surface area contributed by atoms with Gasteiger partial charge in [-0.15, -0.1) is 13.2 Å². The first kappa shape index (κ1) is 12.6. The average molecular weight is 175 g/mol. The topological polar surface area (TPSA) is 33.1 Å². The van der Waals surface area contributed by atoms with E-state index in [4.69, 9.17) is 5.11 Å². The van der Waals surface area contributed by atoms with Crippen LogP contribution in [0.3, 0.4) is 0 Å². The van der Waals surface area contributed by atoms with Gasteiger partial charge in [-0.05, 0) is 0 Å². The zero-order valence-electron chi connectivity index (χ0n) is 5.92. The van der Waals surface area contributed by atoms with Crippen LogP contribution in [0.2, 0.25) is 0 Å². The minimum absolute atomic E-state index is 0. The molecule has 1 aromatic heterocycles. The molecule has 11 heavy (non-hydrogen) atoms. The van der Waals surface area contributed by atoms with E-state index in [1.54, 1.807) is 0 Å². The van der Waals surface area contributed by atoms with Gasteiger partial charge in [-0.3, -0.25) is 4.98 Å². The molecule has 0 bridgehead atoms. The highest BCUT2D eigenvalue weighted by Crippen LogP contribution is 2.05. The molecule has 4 heteroatoms. The minimum Gasteiger partial charge on any atom is -0.506 e. The van der Waals surface area contributed by atoms with Crippen molar-refractivity contribution < 1.29 is 9.50 Å². The van der Waals surface area contributed by atoms with Gasteiger partial charge < -0.3 is 5.11 Å². The summed E-state index contributed by atoms with van der Waals surface area (Å²) in [6.07, 6.45) is 2.20. The Bertz CT molecular complexity index is 190. The van der Waals surface area contributed by atoms with Crippen molar-refractivity contribution in [2.24, 2.45) is 0 Å². The number of pyridine rings is 1. The Balaban J connectivity index is 0. The quantitative estimate of drug-likeness (QED) is 0.610. The van der Waals surface area contributed by atoms with Crippen LogP contribution < -0.4 is 0 Å². The predicted molar refractivity (Wildman–Crippen MR) is 47.5 cm³/mol. The van der Waals surface area contributed by atoms with Gasteiger partial charge in [0.1, 0.15) is 11.6 Å². The van der Waals surface area contributed by atoms with Crippen molar-refractivity contribution in [2.45, 2.75) is 0 Å². The van der Waals surface area contributed by atoms with Gasteiger partial charge in [0.15, 0.2) is 0 Å². The summed E-state index contributed by atoms with van der Waals surface area (Å²) < 4.78 is 11.9. The second-order valence-corrected chi connectivity index (χ2v) is 1.36. The lowest BCUT2D eigenvalue weighted by Crippen LogP contribution is -1.73. The van der Waals surface area contributed by atoms with E-state index in [2.05, 4.69) is 18.1 Å². The second kappa shape index (κ2) is 7.08. The van der Waals surface area contributed by atoms with Crippen molar-refractivity contribution >= 4 is 13.5 Å². The summed E-state index contributed by atoms with van der Waals surface area (Å²) in [4.78, 5) is 3.36. The van der Waals surface area contributed by atoms with Crippen LogP contribution in [0.15, 0.2) is 31.6 Å². The van der Waals surface area contributed by atoms with Crippen molar-refractivity contribution in [1.82, 2.24) is 4.98 Å². The fraction of sp³-hybridized carbons (Fsp3) is 0. The molecule has 62 valence electrons. The summed E-state index contributed by atoms with van der Waals surface area (Å²) in [5.74, 6) is -0.671. The average Bonchev–Trinajstić information content (AvgIpc) is 1.91. The highest BCUT2D eigenvalue weighted by molar-refractivity contribution is 7.59. The molecule has 1 aromatic rings. The molecule has 0 radical (unpaired) electrons. The molecule has 0 aromatic carbocycles. The normalized spacial score (nSPS) is 7.00. The minimum atomic E-state index is -0.523. The number of aromatic nitrogens is 1. The van der Waals surface area contributed by atoms with E-state index in [0.29, 0.717) is 0 Å². The number of rotatable bonds is 0. The molecule has 0 aliphatic heterocycles. The maximum Gasteiger partial charge on any atom is 0.145 e. The molecular formula is C7H10FNOS. The van der Waals surface area contributed by atoms with Gasteiger partial charge in [0.05, 0.1) is 12.4 Å². The summed E-state index contributed by atoms with van der Waals surface area (Å²) in [6.45, 7) is 6.00. The highest BCUT2D eigenvalue weighted by atomic mass is 32.1. The van der Waals surface area contributed by atoms with Crippen LogP contribution in [0.5, 0.6) is 5.75 Å². The van der Waals surface area contributed by atoms with Crippen LogP contribution in [0.4, 0.5) is 4.39 Å². The van der Waals surface area contributed by atoms with Crippen LogP contribution in [0.25, 0.3) is 0 Å². The summed E-state index contributed by atoms with van der Waals surface area (Å²) >= 11 is 0. The zero-order valence-corrected chi connectivity index (χ0v) is 6.92. The van der Waals surface area contributed by atoms with Crippen molar-refractivity contribution in [2.75, 3.05) is 0 Å².